The first-order valence-corrected chi connectivity index (χ1v) is 7.80. The Labute approximate surface area is 114 Å². The number of hydrogen-bond donors (Lipinski definition) is 1. The second-order valence-electron chi connectivity index (χ2n) is 5.29. The number of nitrogens with one attached hydrogen (secondary N) is 1. The molecule has 2 unspecified atom stereocenters. The zero-order chi connectivity index (χ0) is 13.0. The molecule has 1 aliphatic heterocycles. The van der Waals surface area contributed by atoms with E-state index in [0.29, 0.717) is 6.04 Å². The highest BCUT2D eigenvalue weighted by atomic mass is 32.1. The Balaban J connectivity index is 2.06. The Bertz CT molecular complexity index is 372. The molecule has 0 radical (unpaired) electrons. The van der Waals surface area contributed by atoms with Crippen LogP contribution in [-0.4, -0.2) is 29.8 Å². The lowest BCUT2D eigenvalue weighted by molar-refractivity contribution is -0.0882. The molecule has 1 saturated heterocycles. The summed E-state index contributed by atoms with van der Waals surface area (Å²) >= 11 is 1.73. The van der Waals surface area contributed by atoms with Crippen LogP contribution in [-0.2, 0) is 11.2 Å². The molecular formula is C14H24N2OS. The molecule has 1 aliphatic rings. The summed E-state index contributed by atoms with van der Waals surface area (Å²) in [7, 11) is 0. The van der Waals surface area contributed by atoms with Crippen molar-refractivity contribution in [3.05, 3.63) is 16.1 Å². The maximum Gasteiger partial charge on any atom is 0.0897 e. The zero-order valence-corrected chi connectivity index (χ0v) is 12.5. The molecule has 18 heavy (non-hydrogen) atoms. The van der Waals surface area contributed by atoms with E-state index in [0.717, 1.165) is 31.0 Å². The van der Waals surface area contributed by atoms with Crippen molar-refractivity contribution in [3.8, 4) is 0 Å². The molecule has 1 fully saturated rings. The molecule has 4 heteroatoms. The van der Waals surface area contributed by atoms with Gasteiger partial charge >= 0.3 is 0 Å². The van der Waals surface area contributed by atoms with Gasteiger partial charge in [0.2, 0.25) is 0 Å². The van der Waals surface area contributed by atoms with E-state index in [2.05, 4.69) is 36.5 Å². The summed E-state index contributed by atoms with van der Waals surface area (Å²) in [6.07, 6.45) is 4.58. The molecule has 1 aromatic rings. The fraction of sp³-hybridized carbons (Fsp3) is 0.786. The van der Waals surface area contributed by atoms with Crippen LogP contribution in [0.3, 0.4) is 0 Å². The predicted octanol–water partition coefficient (Wildman–Crippen LogP) is 2.93. The van der Waals surface area contributed by atoms with Gasteiger partial charge in [0.15, 0.2) is 0 Å². The standard InChI is InChI=1S/C14H24N2OS/c1-4-15-13(9-12-10-18-11(2)16-12)14(3)7-5-6-8-17-14/h10,13,15H,4-9H2,1-3H3. The molecule has 2 heterocycles. The molecule has 0 amide bonds. The summed E-state index contributed by atoms with van der Waals surface area (Å²) in [5.41, 5.74) is 1.16. The molecule has 1 aromatic heterocycles. The van der Waals surface area contributed by atoms with Gasteiger partial charge < -0.3 is 10.1 Å². The van der Waals surface area contributed by atoms with E-state index in [1.165, 1.54) is 18.5 Å². The fourth-order valence-corrected chi connectivity index (χ4v) is 3.32. The van der Waals surface area contributed by atoms with Crippen molar-refractivity contribution in [2.24, 2.45) is 0 Å². The minimum absolute atomic E-state index is 0.0359. The van der Waals surface area contributed by atoms with Crippen molar-refractivity contribution < 1.29 is 4.74 Å². The Morgan fingerprint density at radius 2 is 2.39 bits per heavy atom. The van der Waals surface area contributed by atoms with Crippen LogP contribution in [0, 0.1) is 6.92 Å². The molecule has 2 atom stereocenters. The van der Waals surface area contributed by atoms with Gasteiger partial charge in [-0.2, -0.15) is 0 Å². The Morgan fingerprint density at radius 1 is 1.56 bits per heavy atom. The van der Waals surface area contributed by atoms with Gasteiger partial charge in [0.25, 0.3) is 0 Å². The van der Waals surface area contributed by atoms with Crippen molar-refractivity contribution >= 4 is 11.3 Å². The lowest BCUT2D eigenvalue weighted by atomic mass is 9.85. The first kappa shape index (κ1) is 14.0. The van der Waals surface area contributed by atoms with Gasteiger partial charge in [0.1, 0.15) is 0 Å². The molecule has 0 saturated carbocycles. The highest BCUT2D eigenvalue weighted by Crippen LogP contribution is 2.29. The Morgan fingerprint density at radius 3 is 2.94 bits per heavy atom. The largest absolute Gasteiger partial charge is 0.374 e. The quantitative estimate of drug-likeness (QED) is 0.891. The lowest BCUT2D eigenvalue weighted by Gasteiger charge is -2.41. The molecular weight excluding hydrogens is 244 g/mol. The Hall–Kier alpha value is -0.450. The van der Waals surface area contributed by atoms with Crippen molar-refractivity contribution in [1.82, 2.24) is 10.3 Å². The van der Waals surface area contributed by atoms with Crippen LogP contribution in [0.15, 0.2) is 5.38 Å². The lowest BCUT2D eigenvalue weighted by Crippen LogP contribution is -2.53. The third-order valence-electron chi connectivity index (χ3n) is 3.77. The van der Waals surface area contributed by atoms with Gasteiger partial charge in [0.05, 0.1) is 16.3 Å². The second kappa shape index (κ2) is 6.13. The number of likely N-dealkylation sites (N-methyl/N-ethyl adjacent to an activating group) is 1. The van der Waals surface area contributed by atoms with Gasteiger partial charge in [0, 0.05) is 24.4 Å². The van der Waals surface area contributed by atoms with E-state index >= 15 is 0 Å². The smallest absolute Gasteiger partial charge is 0.0897 e. The van der Waals surface area contributed by atoms with E-state index < -0.39 is 0 Å². The van der Waals surface area contributed by atoms with Crippen molar-refractivity contribution in [2.45, 2.75) is 58.1 Å². The first-order valence-electron chi connectivity index (χ1n) is 6.92. The average Bonchev–Trinajstić information content (AvgIpc) is 2.75. The van der Waals surface area contributed by atoms with Crippen LogP contribution in [0.4, 0.5) is 0 Å². The number of nitrogens with zero attached hydrogens (tertiary/aromatic N) is 1. The summed E-state index contributed by atoms with van der Waals surface area (Å²) in [5, 5.41) is 6.91. The van der Waals surface area contributed by atoms with E-state index in [1.54, 1.807) is 11.3 Å². The molecule has 102 valence electrons. The van der Waals surface area contributed by atoms with Crippen LogP contribution in [0.5, 0.6) is 0 Å². The van der Waals surface area contributed by atoms with Gasteiger partial charge in [-0.3, -0.25) is 0 Å². The maximum absolute atomic E-state index is 6.07. The molecule has 0 aliphatic carbocycles. The number of ether oxygens (including phenoxy) is 1. The van der Waals surface area contributed by atoms with Crippen LogP contribution in [0.1, 0.15) is 43.8 Å². The molecule has 0 aromatic carbocycles. The summed E-state index contributed by atoms with van der Waals surface area (Å²) in [6, 6.07) is 0.365. The number of rotatable bonds is 5. The van der Waals surface area contributed by atoms with Crippen LogP contribution >= 0.6 is 11.3 Å². The van der Waals surface area contributed by atoms with E-state index in [9.17, 15) is 0 Å². The summed E-state index contributed by atoms with van der Waals surface area (Å²) in [6.45, 7) is 8.35. The van der Waals surface area contributed by atoms with Crippen molar-refractivity contribution in [3.63, 3.8) is 0 Å². The second-order valence-corrected chi connectivity index (χ2v) is 6.35. The summed E-state index contributed by atoms with van der Waals surface area (Å²) in [5.74, 6) is 0. The van der Waals surface area contributed by atoms with Crippen LogP contribution in [0.2, 0.25) is 0 Å². The van der Waals surface area contributed by atoms with Gasteiger partial charge in [-0.05, 0) is 39.7 Å². The normalized spacial score (nSPS) is 26.2. The Kier molecular flexibility index (Phi) is 4.76. The molecule has 1 N–H and O–H groups in total. The van der Waals surface area contributed by atoms with Gasteiger partial charge in [-0.1, -0.05) is 6.92 Å². The minimum atomic E-state index is -0.0359. The average molecular weight is 268 g/mol. The summed E-state index contributed by atoms with van der Waals surface area (Å²) < 4.78 is 6.07. The first-order chi connectivity index (χ1) is 8.64. The monoisotopic (exact) mass is 268 g/mol. The molecule has 0 bridgehead atoms. The summed E-state index contributed by atoms with van der Waals surface area (Å²) in [4.78, 5) is 4.58. The highest BCUT2D eigenvalue weighted by Gasteiger charge is 2.36. The molecule has 2 rings (SSSR count). The number of aromatic nitrogens is 1. The minimum Gasteiger partial charge on any atom is -0.374 e. The number of hydrogen-bond acceptors (Lipinski definition) is 4. The highest BCUT2D eigenvalue weighted by molar-refractivity contribution is 7.09. The molecule has 0 spiro atoms. The van der Waals surface area contributed by atoms with Crippen molar-refractivity contribution in [2.75, 3.05) is 13.2 Å². The maximum atomic E-state index is 6.07. The van der Waals surface area contributed by atoms with E-state index in [-0.39, 0.29) is 5.60 Å². The SMILES string of the molecule is CCNC(Cc1csc(C)n1)C1(C)CCCCO1. The third kappa shape index (κ3) is 3.31. The number of thiazole rings is 1. The van der Waals surface area contributed by atoms with E-state index in [1.807, 2.05) is 0 Å². The van der Waals surface area contributed by atoms with Crippen LogP contribution < -0.4 is 5.32 Å². The molecule has 3 nitrogen and oxygen atoms in total. The third-order valence-corrected chi connectivity index (χ3v) is 4.59. The van der Waals surface area contributed by atoms with Gasteiger partial charge in [-0.15, -0.1) is 11.3 Å². The van der Waals surface area contributed by atoms with Crippen molar-refractivity contribution in [1.29, 1.82) is 0 Å². The van der Waals surface area contributed by atoms with Gasteiger partial charge in [-0.25, -0.2) is 4.98 Å². The fourth-order valence-electron chi connectivity index (χ4n) is 2.69. The topological polar surface area (TPSA) is 34.2 Å². The zero-order valence-electron chi connectivity index (χ0n) is 11.7. The number of aryl methyl sites for hydroxylation is 1. The van der Waals surface area contributed by atoms with Crippen LogP contribution in [0.25, 0.3) is 0 Å². The van der Waals surface area contributed by atoms with E-state index in [4.69, 9.17) is 4.74 Å². The predicted molar refractivity (Wildman–Crippen MR) is 76.2 cm³/mol.